The average molecular weight is 279 g/mol. The number of nitro groups is 1. The van der Waals surface area contributed by atoms with Gasteiger partial charge in [0, 0.05) is 25.7 Å². The highest BCUT2D eigenvalue weighted by molar-refractivity contribution is 5.67. The van der Waals surface area contributed by atoms with Gasteiger partial charge in [-0.15, -0.1) is 0 Å². The molecular formula is C14H18FN3O2. The summed E-state index contributed by atoms with van der Waals surface area (Å²) in [5, 5.41) is 14.2. The largest absolute Gasteiger partial charge is 0.378 e. The highest BCUT2D eigenvalue weighted by Gasteiger charge is 2.30. The zero-order valence-electron chi connectivity index (χ0n) is 11.4. The zero-order chi connectivity index (χ0) is 14.3. The monoisotopic (exact) mass is 279 g/mol. The molecule has 5 nitrogen and oxygen atoms in total. The Hall–Kier alpha value is -1.69. The van der Waals surface area contributed by atoms with E-state index in [0.717, 1.165) is 18.5 Å². The van der Waals surface area contributed by atoms with Crippen LogP contribution in [0.5, 0.6) is 0 Å². The van der Waals surface area contributed by atoms with E-state index in [1.807, 2.05) is 0 Å². The minimum Gasteiger partial charge on any atom is -0.378 e. The Morgan fingerprint density at radius 1 is 1.50 bits per heavy atom. The topological polar surface area (TPSA) is 58.4 Å². The fourth-order valence-corrected chi connectivity index (χ4v) is 2.75. The molecule has 1 aliphatic heterocycles. The molecule has 0 spiro atoms. The summed E-state index contributed by atoms with van der Waals surface area (Å²) in [6.07, 6.45) is 2.51. The van der Waals surface area contributed by atoms with E-state index in [1.54, 1.807) is 0 Å². The van der Waals surface area contributed by atoms with Crippen LogP contribution in [0.1, 0.15) is 25.3 Å². The van der Waals surface area contributed by atoms with E-state index in [2.05, 4.69) is 17.1 Å². The number of hydrogen-bond acceptors (Lipinski definition) is 4. The van der Waals surface area contributed by atoms with Gasteiger partial charge in [0.15, 0.2) is 0 Å². The van der Waals surface area contributed by atoms with Gasteiger partial charge in [0.1, 0.15) is 11.5 Å². The summed E-state index contributed by atoms with van der Waals surface area (Å²) in [4.78, 5) is 12.8. The van der Waals surface area contributed by atoms with Gasteiger partial charge in [0.25, 0.3) is 5.69 Å². The van der Waals surface area contributed by atoms with Gasteiger partial charge in [-0.25, -0.2) is 4.39 Å². The van der Waals surface area contributed by atoms with Crippen molar-refractivity contribution in [3.8, 4) is 0 Å². The van der Waals surface area contributed by atoms with Crippen molar-refractivity contribution >= 4 is 11.4 Å². The lowest BCUT2D eigenvalue weighted by Crippen LogP contribution is -2.36. The molecule has 3 rings (SSSR count). The van der Waals surface area contributed by atoms with Crippen molar-refractivity contribution in [2.24, 2.45) is 5.92 Å². The van der Waals surface area contributed by atoms with Crippen molar-refractivity contribution in [1.82, 2.24) is 4.90 Å². The maximum absolute atomic E-state index is 13.6. The van der Waals surface area contributed by atoms with Crippen LogP contribution in [0.3, 0.4) is 0 Å². The van der Waals surface area contributed by atoms with Crippen LogP contribution in [0.15, 0.2) is 12.1 Å². The van der Waals surface area contributed by atoms with Crippen LogP contribution in [0.4, 0.5) is 15.8 Å². The molecule has 1 aromatic rings. The van der Waals surface area contributed by atoms with Gasteiger partial charge in [0.2, 0.25) is 0 Å². The van der Waals surface area contributed by atoms with E-state index in [-0.39, 0.29) is 11.7 Å². The molecule has 1 N–H and O–H groups in total. The van der Waals surface area contributed by atoms with Crippen molar-refractivity contribution in [2.75, 3.05) is 18.4 Å². The summed E-state index contributed by atoms with van der Waals surface area (Å²) in [5.41, 5.74) is 0.990. The van der Waals surface area contributed by atoms with E-state index in [9.17, 15) is 14.5 Å². The van der Waals surface area contributed by atoms with Gasteiger partial charge in [0.05, 0.1) is 11.0 Å². The third-order valence-electron chi connectivity index (χ3n) is 4.12. The Bertz CT molecular complexity index is 545. The molecule has 1 fully saturated rings. The molecule has 6 heteroatoms. The molecule has 1 saturated carbocycles. The van der Waals surface area contributed by atoms with Gasteiger partial charge in [-0.05, 0) is 37.3 Å². The Morgan fingerprint density at radius 2 is 2.25 bits per heavy atom. The number of halogens is 1. The van der Waals surface area contributed by atoms with Crippen LogP contribution in [-0.2, 0) is 6.54 Å². The van der Waals surface area contributed by atoms with Gasteiger partial charge in [-0.2, -0.15) is 0 Å². The second-order valence-corrected chi connectivity index (χ2v) is 5.82. The number of nitro benzene ring substituents is 1. The molecule has 1 aliphatic carbocycles. The highest BCUT2D eigenvalue weighted by atomic mass is 19.1. The van der Waals surface area contributed by atoms with Gasteiger partial charge in [-0.3, -0.25) is 15.0 Å². The highest BCUT2D eigenvalue weighted by Crippen LogP contribution is 2.35. The Morgan fingerprint density at radius 3 is 2.90 bits per heavy atom. The molecule has 0 bridgehead atoms. The van der Waals surface area contributed by atoms with E-state index in [1.165, 1.54) is 18.9 Å². The van der Waals surface area contributed by atoms with Gasteiger partial charge >= 0.3 is 0 Å². The fourth-order valence-electron chi connectivity index (χ4n) is 2.75. The molecule has 0 unspecified atom stereocenters. The molecule has 1 aromatic carbocycles. The van der Waals surface area contributed by atoms with Crippen molar-refractivity contribution < 1.29 is 9.31 Å². The van der Waals surface area contributed by atoms with Crippen molar-refractivity contribution in [3.63, 3.8) is 0 Å². The molecule has 0 radical (unpaired) electrons. The zero-order valence-corrected chi connectivity index (χ0v) is 11.4. The van der Waals surface area contributed by atoms with Crippen LogP contribution in [0, 0.1) is 21.8 Å². The van der Waals surface area contributed by atoms with E-state index >= 15 is 0 Å². The molecule has 0 aromatic heterocycles. The number of nitrogens with zero attached hydrogens (tertiary/aromatic N) is 2. The summed E-state index contributed by atoms with van der Waals surface area (Å²) >= 11 is 0. The Kier molecular flexibility index (Phi) is 3.33. The minimum atomic E-state index is -0.543. The maximum atomic E-state index is 13.6. The summed E-state index contributed by atoms with van der Waals surface area (Å²) in [6.45, 7) is 4.31. The van der Waals surface area contributed by atoms with Crippen LogP contribution < -0.4 is 5.32 Å². The number of hydrogen-bond donors (Lipinski definition) is 1. The SMILES string of the molecule is C[C@H]1CNc2c(cc(F)cc2[N+](=O)[O-])CN1CC1CC1. The average Bonchev–Trinajstić information content (AvgIpc) is 3.19. The molecule has 2 aliphatic rings. The second kappa shape index (κ2) is 5.01. The van der Waals surface area contributed by atoms with Crippen LogP contribution in [0.2, 0.25) is 0 Å². The number of nitrogens with one attached hydrogen (secondary N) is 1. The van der Waals surface area contributed by atoms with Crippen LogP contribution in [-0.4, -0.2) is 29.0 Å². The summed E-state index contributed by atoms with van der Waals surface area (Å²) in [5.74, 6) is 0.195. The normalized spacial score (nSPS) is 22.8. The first-order valence-corrected chi connectivity index (χ1v) is 6.99. The minimum absolute atomic E-state index is 0.166. The van der Waals surface area contributed by atoms with Crippen LogP contribution in [0.25, 0.3) is 0 Å². The molecule has 108 valence electrons. The maximum Gasteiger partial charge on any atom is 0.295 e. The van der Waals surface area contributed by atoms with Gasteiger partial charge in [-0.1, -0.05) is 0 Å². The number of rotatable bonds is 3. The molecule has 0 amide bonds. The number of fused-ring (bicyclic) bond motifs is 1. The molecule has 20 heavy (non-hydrogen) atoms. The third kappa shape index (κ3) is 2.60. The number of benzene rings is 1. The lowest BCUT2D eigenvalue weighted by Gasteiger charge is -2.26. The lowest BCUT2D eigenvalue weighted by molar-refractivity contribution is -0.384. The lowest BCUT2D eigenvalue weighted by atomic mass is 10.1. The Balaban J connectivity index is 1.94. The molecule has 1 atom stereocenters. The Labute approximate surface area is 116 Å². The standard InChI is InChI=1S/C14H18FN3O2/c1-9-6-16-14-11(8-17(9)7-10-2-3-10)4-12(15)5-13(14)18(19)20/h4-5,9-10,16H,2-3,6-8H2,1H3/t9-/m0/s1. The summed E-state index contributed by atoms with van der Waals surface area (Å²) in [7, 11) is 0. The van der Waals surface area contributed by atoms with Crippen LogP contribution >= 0.6 is 0 Å². The fraction of sp³-hybridized carbons (Fsp3) is 0.571. The molecule has 1 heterocycles. The quantitative estimate of drug-likeness (QED) is 0.682. The first-order valence-electron chi connectivity index (χ1n) is 6.99. The van der Waals surface area contributed by atoms with E-state index < -0.39 is 10.7 Å². The predicted octanol–water partition coefficient (Wildman–Crippen LogP) is 2.76. The predicted molar refractivity (Wildman–Crippen MR) is 74.1 cm³/mol. The van der Waals surface area contributed by atoms with Gasteiger partial charge < -0.3 is 5.32 Å². The third-order valence-corrected chi connectivity index (χ3v) is 4.12. The van der Waals surface area contributed by atoms with E-state index in [0.29, 0.717) is 24.3 Å². The van der Waals surface area contributed by atoms with E-state index in [4.69, 9.17) is 0 Å². The van der Waals surface area contributed by atoms with Crippen molar-refractivity contribution in [3.05, 3.63) is 33.6 Å². The summed E-state index contributed by atoms with van der Waals surface area (Å²) in [6, 6.07) is 2.69. The molecule has 0 saturated heterocycles. The van der Waals surface area contributed by atoms with Crippen molar-refractivity contribution in [1.29, 1.82) is 0 Å². The summed E-state index contributed by atoms with van der Waals surface area (Å²) < 4.78 is 13.6. The second-order valence-electron chi connectivity index (χ2n) is 5.82. The molecular weight excluding hydrogens is 261 g/mol. The first kappa shape index (κ1) is 13.3. The smallest absolute Gasteiger partial charge is 0.295 e. The number of anilines is 1. The van der Waals surface area contributed by atoms with Crippen molar-refractivity contribution in [2.45, 2.75) is 32.4 Å². The first-order chi connectivity index (χ1) is 9.54.